The number of hydrogen-bond donors (Lipinski definition) is 1. The van der Waals surface area contributed by atoms with Gasteiger partial charge < -0.3 is 4.98 Å². The van der Waals surface area contributed by atoms with Gasteiger partial charge in [0.25, 0.3) is 0 Å². The zero-order valence-electron chi connectivity index (χ0n) is 8.86. The molecule has 0 radical (unpaired) electrons. The van der Waals surface area contributed by atoms with Crippen LogP contribution in [-0.2, 0) is 7.05 Å². The molecule has 0 spiro atoms. The number of nitrogens with zero attached hydrogens (tertiary/aromatic N) is 2. The van der Waals surface area contributed by atoms with Crippen LogP contribution in [-0.4, -0.2) is 14.3 Å². The lowest BCUT2D eigenvalue weighted by Gasteiger charge is -2.22. The third-order valence-electron chi connectivity index (χ3n) is 2.91. The van der Waals surface area contributed by atoms with Gasteiger partial charge in [-0.3, -0.25) is 4.68 Å². The number of nitrogens with one attached hydrogen (secondary N) is 1. The fourth-order valence-electron chi connectivity index (χ4n) is 2.08. The highest BCUT2D eigenvalue weighted by molar-refractivity contribution is 5.77. The Bertz CT molecular complexity index is 610. The predicted molar refractivity (Wildman–Crippen MR) is 61.3 cm³/mol. The van der Waals surface area contributed by atoms with E-state index in [1.165, 1.54) is 22.4 Å². The van der Waals surface area contributed by atoms with Crippen LogP contribution in [0.15, 0.2) is 36.5 Å². The van der Waals surface area contributed by atoms with Crippen LogP contribution < -0.4 is 0 Å². The van der Waals surface area contributed by atoms with Gasteiger partial charge in [0.15, 0.2) is 5.65 Å². The average Bonchev–Trinajstić information content (AvgIpc) is 2.65. The molecule has 15 heavy (non-hydrogen) atoms. The van der Waals surface area contributed by atoms with Gasteiger partial charge in [-0.15, -0.1) is 0 Å². The number of rotatable bonds is 1. The molecule has 0 aliphatic rings. The first-order valence-corrected chi connectivity index (χ1v) is 5.06. The van der Waals surface area contributed by atoms with Gasteiger partial charge in [0.2, 0.25) is 0 Å². The third kappa shape index (κ3) is 1.00. The Morgan fingerprint density at radius 1 is 1.13 bits per heavy atom. The number of aromatic nitrogens is 3. The SMILES string of the molecule is Cc1ccccc1-n1c2[nH]ccc2n1C. The topological polar surface area (TPSA) is 25.6 Å². The van der Waals surface area contributed by atoms with Gasteiger partial charge in [0.1, 0.15) is 5.52 Å². The molecule has 1 N–H and O–H groups in total. The number of aryl methyl sites for hydroxylation is 2. The van der Waals surface area contributed by atoms with E-state index in [0.717, 1.165) is 0 Å². The molecule has 3 rings (SSSR count). The minimum atomic E-state index is 1.17. The maximum atomic E-state index is 3.25. The van der Waals surface area contributed by atoms with Gasteiger partial charge in [-0.25, -0.2) is 4.68 Å². The van der Waals surface area contributed by atoms with Crippen molar-refractivity contribution >= 4 is 11.2 Å². The van der Waals surface area contributed by atoms with Crippen LogP contribution in [0.2, 0.25) is 0 Å². The molecule has 0 fully saturated rings. The lowest BCUT2D eigenvalue weighted by molar-refractivity contribution is 0.647. The first kappa shape index (κ1) is 8.41. The molecule has 0 saturated carbocycles. The van der Waals surface area contributed by atoms with Crippen molar-refractivity contribution in [3.05, 3.63) is 42.1 Å². The number of benzene rings is 1. The van der Waals surface area contributed by atoms with Crippen molar-refractivity contribution in [2.24, 2.45) is 7.05 Å². The second-order valence-corrected chi connectivity index (χ2v) is 3.83. The molecule has 0 saturated heterocycles. The lowest BCUT2D eigenvalue weighted by atomic mass is 10.2. The summed E-state index contributed by atoms with van der Waals surface area (Å²) >= 11 is 0. The first-order valence-electron chi connectivity index (χ1n) is 5.06. The summed E-state index contributed by atoms with van der Waals surface area (Å²) in [6, 6.07) is 10.5. The van der Waals surface area contributed by atoms with E-state index < -0.39 is 0 Å². The van der Waals surface area contributed by atoms with E-state index in [4.69, 9.17) is 0 Å². The fraction of sp³-hybridized carbons (Fsp3) is 0.167. The second-order valence-electron chi connectivity index (χ2n) is 3.83. The van der Waals surface area contributed by atoms with Crippen molar-refractivity contribution in [3.8, 4) is 5.69 Å². The van der Waals surface area contributed by atoms with E-state index in [1.54, 1.807) is 0 Å². The minimum absolute atomic E-state index is 1.17. The van der Waals surface area contributed by atoms with E-state index in [9.17, 15) is 0 Å². The molecule has 0 unspecified atom stereocenters. The summed E-state index contributed by atoms with van der Waals surface area (Å²) in [6.07, 6.45) is 1.97. The van der Waals surface area contributed by atoms with Crippen LogP contribution in [0.3, 0.4) is 0 Å². The highest BCUT2D eigenvalue weighted by atomic mass is 15.4. The van der Waals surface area contributed by atoms with E-state index in [0.29, 0.717) is 0 Å². The Morgan fingerprint density at radius 2 is 1.93 bits per heavy atom. The monoisotopic (exact) mass is 199 g/mol. The smallest absolute Gasteiger partial charge is 0.155 e. The summed E-state index contributed by atoms with van der Waals surface area (Å²) in [5, 5.41) is 0. The highest BCUT2D eigenvalue weighted by Gasteiger charge is 2.13. The minimum Gasteiger partial charge on any atom is -0.345 e. The molecule has 0 aliphatic carbocycles. The quantitative estimate of drug-likeness (QED) is 0.623. The van der Waals surface area contributed by atoms with Crippen LogP contribution in [0.1, 0.15) is 5.56 Å². The molecule has 2 aromatic heterocycles. The van der Waals surface area contributed by atoms with E-state index in [-0.39, 0.29) is 0 Å². The molecule has 2 heterocycles. The maximum absolute atomic E-state index is 3.25. The summed E-state index contributed by atoms with van der Waals surface area (Å²) in [6.45, 7) is 2.13. The maximum Gasteiger partial charge on any atom is 0.155 e. The number of aromatic amines is 1. The van der Waals surface area contributed by atoms with Gasteiger partial charge >= 0.3 is 0 Å². The highest BCUT2D eigenvalue weighted by Crippen LogP contribution is 2.23. The Labute approximate surface area is 87.9 Å². The summed E-state index contributed by atoms with van der Waals surface area (Å²) in [5.41, 5.74) is 4.93. The van der Waals surface area contributed by atoms with Gasteiger partial charge in [-0.2, -0.15) is 0 Å². The van der Waals surface area contributed by atoms with Crippen LogP contribution in [0, 0.1) is 6.92 Å². The van der Waals surface area contributed by atoms with E-state index >= 15 is 0 Å². The molecule has 0 amide bonds. The molecule has 0 aliphatic heterocycles. The Morgan fingerprint density at radius 3 is 2.73 bits per heavy atom. The summed E-state index contributed by atoms with van der Waals surface area (Å²) in [4.78, 5) is 3.25. The summed E-state index contributed by atoms with van der Waals surface area (Å²) < 4.78 is 4.33. The van der Waals surface area contributed by atoms with E-state index in [1.807, 2.05) is 6.20 Å². The number of hydrogen-bond acceptors (Lipinski definition) is 0. The zero-order valence-corrected chi connectivity index (χ0v) is 8.86. The number of H-pyrrole nitrogens is 1. The third-order valence-corrected chi connectivity index (χ3v) is 2.91. The Hall–Kier alpha value is -1.90. The largest absolute Gasteiger partial charge is 0.345 e. The van der Waals surface area contributed by atoms with E-state index in [2.05, 4.69) is 58.7 Å². The average molecular weight is 199 g/mol. The van der Waals surface area contributed by atoms with Crippen molar-refractivity contribution in [2.45, 2.75) is 6.92 Å². The standard InChI is InChI=1S/C12H13N3/c1-9-5-3-4-6-10(9)15-12-11(14(15)2)7-8-13-12/h3-8,13H,1-2H3. The normalized spacial score (nSPS) is 11.3. The van der Waals surface area contributed by atoms with Crippen molar-refractivity contribution in [1.82, 2.24) is 14.3 Å². The van der Waals surface area contributed by atoms with Crippen molar-refractivity contribution in [3.63, 3.8) is 0 Å². The number of fused-ring (bicyclic) bond motifs is 1. The summed E-state index contributed by atoms with van der Waals surface area (Å²) in [5.74, 6) is 0. The molecule has 0 atom stereocenters. The molecular formula is C12H13N3. The number of para-hydroxylation sites is 1. The predicted octanol–water partition coefficient (Wildman–Crippen LogP) is 2.61. The molecule has 3 heteroatoms. The van der Waals surface area contributed by atoms with Crippen molar-refractivity contribution in [1.29, 1.82) is 0 Å². The van der Waals surface area contributed by atoms with Crippen LogP contribution >= 0.6 is 0 Å². The summed E-state index contributed by atoms with van der Waals surface area (Å²) in [7, 11) is 2.07. The van der Waals surface area contributed by atoms with Gasteiger partial charge in [-0.1, -0.05) is 18.2 Å². The fourth-order valence-corrected chi connectivity index (χ4v) is 2.08. The van der Waals surface area contributed by atoms with Crippen LogP contribution in [0.25, 0.3) is 16.9 Å². The van der Waals surface area contributed by atoms with Gasteiger partial charge in [0.05, 0.1) is 5.69 Å². The molecule has 1 aromatic carbocycles. The van der Waals surface area contributed by atoms with Gasteiger partial charge in [0, 0.05) is 13.2 Å². The molecule has 76 valence electrons. The second kappa shape index (κ2) is 2.79. The van der Waals surface area contributed by atoms with Crippen LogP contribution in [0.4, 0.5) is 0 Å². The zero-order chi connectivity index (χ0) is 10.4. The Balaban J connectivity index is 2.28. The Kier molecular flexibility index (Phi) is 1.57. The molecular weight excluding hydrogens is 186 g/mol. The first-order chi connectivity index (χ1) is 7.29. The molecule has 0 bridgehead atoms. The molecule has 3 aromatic rings. The molecule has 3 nitrogen and oxygen atoms in total. The van der Waals surface area contributed by atoms with Crippen molar-refractivity contribution in [2.75, 3.05) is 0 Å². The van der Waals surface area contributed by atoms with Gasteiger partial charge in [-0.05, 0) is 24.6 Å². The van der Waals surface area contributed by atoms with Crippen molar-refractivity contribution < 1.29 is 0 Å². The van der Waals surface area contributed by atoms with Crippen LogP contribution in [0.5, 0.6) is 0 Å². The lowest BCUT2D eigenvalue weighted by Crippen LogP contribution is -2.18.